The van der Waals surface area contributed by atoms with E-state index >= 15 is 0 Å². The molecule has 0 bridgehead atoms. The average Bonchev–Trinajstić information content (AvgIpc) is 2.39. The molecule has 0 spiro atoms. The molecule has 0 saturated carbocycles. The number of nitrogens with two attached hydrogens (primary N) is 1. The van der Waals surface area contributed by atoms with Crippen LogP contribution in [0.5, 0.6) is 11.5 Å². The Kier molecular flexibility index (Phi) is 4.19. The van der Waals surface area contributed by atoms with Gasteiger partial charge in [-0.1, -0.05) is 34.1 Å². The average molecular weight is 321 g/mol. The molecule has 0 heterocycles. The molecule has 0 fully saturated rings. The number of ether oxygens (including phenoxy) is 1. The number of aliphatic hydroxyl groups excluding tert-OH is 1. The van der Waals surface area contributed by atoms with Crippen molar-refractivity contribution in [2.24, 2.45) is 5.73 Å². The summed E-state index contributed by atoms with van der Waals surface area (Å²) in [7, 11) is 0. The summed E-state index contributed by atoms with van der Waals surface area (Å²) < 4.78 is 6.59. The number of benzene rings is 2. The third-order valence-electron chi connectivity index (χ3n) is 2.60. The lowest BCUT2D eigenvalue weighted by Crippen LogP contribution is -2.12. The van der Waals surface area contributed by atoms with Crippen LogP contribution in [0.1, 0.15) is 11.1 Å². The van der Waals surface area contributed by atoms with Crippen molar-refractivity contribution >= 4 is 21.8 Å². The van der Waals surface area contributed by atoms with Crippen molar-refractivity contribution in [3.63, 3.8) is 0 Å². The molecule has 0 amide bonds. The van der Waals surface area contributed by atoms with E-state index in [2.05, 4.69) is 15.9 Å². The first-order valence-electron chi connectivity index (χ1n) is 5.62. The van der Waals surface area contributed by atoms with Gasteiger partial charge in [0.15, 0.2) is 0 Å². The van der Waals surface area contributed by atoms with Gasteiger partial charge in [-0.05, 0) is 24.3 Å². The molecule has 0 atom stereocenters. The first kappa shape index (κ1) is 13.6. The van der Waals surface area contributed by atoms with Crippen LogP contribution in [0.25, 0.3) is 0 Å². The van der Waals surface area contributed by atoms with Crippen LogP contribution in [-0.4, -0.2) is 10.9 Å². The van der Waals surface area contributed by atoms with Gasteiger partial charge in [0.1, 0.15) is 17.3 Å². The Bertz CT molecular complexity index is 614. The van der Waals surface area contributed by atoms with Gasteiger partial charge in [-0.15, -0.1) is 0 Å². The summed E-state index contributed by atoms with van der Waals surface area (Å²) in [5.41, 5.74) is 6.72. The summed E-state index contributed by atoms with van der Waals surface area (Å²) in [6.07, 6.45) is 0. The Morgan fingerprint density at radius 3 is 2.63 bits per heavy atom. The molecule has 0 saturated heterocycles. The molecule has 0 aliphatic heterocycles. The summed E-state index contributed by atoms with van der Waals surface area (Å²) in [6.45, 7) is -0.112. The fourth-order valence-corrected chi connectivity index (χ4v) is 2.00. The summed E-state index contributed by atoms with van der Waals surface area (Å²) in [5.74, 6) is 0.956. The van der Waals surface area contributed by atoms with Gasteiger partial charge < -0.3 is 15.6 Å². The lowest BCUT2D eigenvalue weighted by Gasteiger charge is -2.13. The Morgan fingerprint density at radius 2 is 1.95 bits per heavy atom. The number of rotatable bonds is 4. The molecule has 0 aliphatic carbocycles. The van der Waals surface area contributed by atoms with Crippen LogP contribution in [0.3, 0.4) is 0 Å². The first-order valence-corrected chi connectivity index (χ1v) is 6.41. The van der Waals surface area contributed by atoms with E-state index in [1.165, 1.54) is 0 Å². The molecular formula is C14H13BrN2O2. The Hall–Kier alpha value is -1.85. The minimum absolute atomic E-state index is 0.0658. The highest BCUT2D eigenvalue weighted by Gasteiger charge is 2.10. The van der Waals surface area contributed by atoms with E-state index in [1.54, 1.807) is 30.3 Å². The van der Waals surface area contributed by atoms with Crippen LogP contribution in [0.2, 0.25) is 0 Å². The highest BCUT2D eigenvalue weighted by atomic mass is 79.9. The van der Waals surface area contributed by atoms with Crippen LogP contribution in [0.4, 0.5) is 0 Å². The minimum atomic E-state index is -0.112. The van der Waals surface area contributed by atoms with Crippen LogP contribution >= 0.6 is 15.9 Å². The van der Waals surface area contributed by atoms with Crippen LogP contribution in [0.15, 0.2) is 46.9 Å². The number of nitrogens with one attached hydrogen (secondary N) is 1. The highest BCUT2D eigenvalue weighted by Crippen LogP contribution is 2.30. The number of aliphatic hydroxyl groups is 1. The molecule has 0 radical (unpaired) electrons. The predicted octanol–water partition coefficient (Wildman–Crippen LogP) is 3.02. The second kappa shape index (κ2) is 5.86. The second-order valence-electron chi connectivity index (χ2n) is 3.92. The monoisotopic (exact) mass is 320 g/mol. The zero-order valence-electron chi connectivity index (χ0n) is 10.1. The van der Waals surface area contributed by atoms with Crippen molar-refractivity contribution in [2.75, 3.05) is 0 Å². The molecule has 2 aromatic carbocycles. The topological polar surface area (TPSA) is 79.3 Å². The molecule has 2 rings (SSSR count). The zero-order valence-corrected chi connectivity index (χ0v) is 11.6. The van der Waals surface area contributed by atoms with E-state index in [0.717, 1.165) is 4.47 Å². The molecule has 2 aromatic rings. The standard InChI is InChI=1S/C14H13BrN2O2/c15-10-5-6-11(14(16)17)13(7-10)19-12-4-2-1-3-9(12)8-18/h1-7,18H,8H2,(H3,16,17). The van der Waals surface area contributed by atoms with E-state index in [4.69, 9.17) is 15.9 Å². The molecule has 0 aromatic heterocycles. The molecule has 98 valence electrons. The molecule has 5 heteroatoms. The van der Waals surface area contributed by atoms with E-state index in [9.17, 15) is 5.11 Å². The Balaban J connectivity index is 2.42. The predicted molar refractivity (Wildman–Crippen MR) is 77.6 cm³/mol. The number of amidine groups is 1. The summed E-state index contributed by atoms with van der Waals surface area (Å²) in [5, 5.41) is 16.8. The highest BCUT2D eigenvalue weighted by molar-refractivity contribution is 9.10. The van der Waals surface area contributed by atoms with Crippen molar-refractivity contribution < 1.29 is 9.84 Å². The van der Waals surface area contributed by atoms with Gasteiger partial charge in [0.05, 0.1) is 12.2 Å². The third kappa shape index (κ3) is 3.13. The fraction of sp³-hybridized carbons (Fsp3) is 0.0714. The number of para-hydroxylation sites is 1. The van der Waals surface area contributed by atoms with Crippen molar-refractivity contribution in [1.82, 2.24) is 0 Å². The molecule has 0 aliphatic rings. The Morgan fingerprint density at radius 1 is 1.21 bits per heavy atom. The van der Waals surface area contributed by atoms with Crippen molar-refractivity contribution in [3.05, 3.63) is 58.1 Å². The number of hydrogen-bond donors (Lipinski definition) is 3. The van der Waals surface area contributed by atoms with Crippen LogP contribution in [-0.2, 0) is 6.61 Å². The maximum absolute atomic E-state index is 9.27. The lowest BCUT2D eigenvalue weighted by molar-refractivity contribution is 0.276. The van der Waals surface area contributed by atoms with Crippen LogP contribution in [0, 0.1) is 5.41 Å². The molecule has 0 unspecified atom stereocenters. The zero-order chi connectivity index (χ0) is 13.8. The first-order chi connectivity index (χ1) is 9.11. The van der Waals surface area contributed by atoms with Gasteiger partial charge in [0.25, 0.3) is 0 Å². The molecule has 4 nitrogen and oxygen atoms in total. The van der Waals surface area contributed by atoms with E-state index in [-0.39, 0.29) is 12.4 Å². The van der Waals surface area contributed by atoms with Gasteiger partial charge in [0, 0.05) is 10.0 Å². The summed E-state index contributed by atoms with van der Waals surface area (Å²) in [6, 6.07) is 12.4. The summed E-state index contributed by atoms with van der Waals surface area (Å²) in [4.78, 5) is 0. The van der Waals surface area contributed by atoms with Gasteiger partial charge in [-0.25, -0.2) is 0 Å². The van der Waals surface area contributed by atoms with Crippen molar-refractivity contribution in [1.29, 1.82) is 5.41 Å². The maximum Gasteiger partial charge on any atom is 0.139 e. The second-order valence-corrected chi connectivity index (χ2v) is 4.84. The quantitative estimate of drug-likeness (QED) is 0.598. The molecule has 19 heavy (non-hydrogen) atoms. The fourth-order valence-electron chi connectivity index (χ4n) is 1.66. The minimum Gasteiger partial charge on any atom is -0.456 e. The third-order valence-corrected chi connectivity index (χ3v) is 3.09. The summed E-state index contributed by atoms with van der Waals surface area (Å²) >= 11 is 3.35. The van der Waals surface area contributed by atoms with E-state index in [0.29, 0.717) is 22.6 Å². The number of hydrogen-bond acceptors (Lipinski definition) is 3. The van der Waals surface area contributed by atoms with Crippen LogP contribution < -0.4 is 10.5 Å². The number of halogens is 1. The number of nitrogen functional groups attached to an aromatic ring is 1. The van der Waals surface area contributed by atoms with Gasteiger partial charge in [-0.3, -0.25) is 5.41 Å². The largest absolute Gasteiger partial charge is 0.456 e. The SMILES string of the molecule is N=C(N)c1ccc(Br)cc1Oc1ccccc1CO. The van der Waals surface area contributed by atoms with Gasteiger partial charge in [-0.2, -0.15) is 0 Å². The smallest absolute Gasteiger partial charge is 0.139 e. The molecule has 4 N–H and O–H groups in total. The Labute approximate surface area is 119 Å². The van der Waals surface area contributed by atoms with Gasteiger partial charge in [0.2, 0.25) is 0 Å². The molecular weight excluding hydrogens is 308 g/mol. The van der Waals surface area contributed by atoms with Crippen molar-refractivity contribution in [2.45, 2.75) is 6.61 Å². The maximum atomic E-state index is 9.27. The normalized spacial score (nSPS) is 10.2. The van der Waals surface area contributed by atoms with E-state index in [1.807, 2.05) is 12.1 Å². The van der Waals surface area contributed by atoms with Gasteiger partial charge >= 0.3 is 0 Å². The lowest BCUT2D eigenvalue weighted by atomic mass is 10.1. The van der Waals surface area contributed by atoms with Crippen molar-refractivity contribution in [3.8, 4) is 11.5 Å². The van der Waals surface area contributed by atoms with E-state index < -0.39 is 0 Å².